The summed E-state index contributed by atoms with van der Waals surface area (Å²) in [5, 5.41) is 11.2. The van der Waals surface area contributed by atoms with E-state index in [2.05, 4.69) is 5.32 Å². The summed E-state index contributed by atoms with van der Waals surface area (Å²) >= 11 is 0.948. The molecule has 0 fully saturated rings. The molecule has 0 aromatic heterocycles. The fraction of sp³-hybridized carbons (Fsp3) is 0.333. The van der Waals surface area contributed by atoms with E-state index < -0.39 is 17.0 Å². The molecule has 9 heteroatoms. The van der Waals surface area contributed by atoms with Crippen LogP contribution in [0.4, 0.5) is 0 Å². The highest BCUT2D eigenvalue weighted by Crippen LogP contribution is 2.27. The number of carbonyl (C=O) groups excluding carboxylic acids is 3. The molecule has 1 aromatic rings. The molecular formula is C15H18N2O6S. The Morgan fingerprint density at radius 3 is 2.42 bits per heavy atom. The van der Waals surface area contributed by atoms with Gasteiger partial charge in [-0.1, -0.05) is 11.8 Å². The van der Waals surface area contributed by atoms with Crippen LogP contribution in [-0.2, 0) is 4.79 Å². The lowest BCUT2D eigenvalue weighted by atomic mass is 10.0. The second-order valence-electron chi connectivity index (χ2n) is 4.93. The fourth-order valence-corrected chi connectivity index (χ4v) is 2.75. The number of amides is 1. The van der Waals surface area contributed by atoms with E-state index in [1.807, 2.05) is 19.0 Å². The molecule has 2 N–H and O–H groups in total. The number of carboxylic acid groups (broad SMARTS) is 1. The van der Waals surface area contributed by atoms with Crippen LogP contribution in [0.25, 0.3) is 0 Å². The molecule has 0 aliphatic rings. The summed E-state index contributed by atoms with van der Waals surface area (Å²) in [4.78, 5) is 48.0. The molecule has 0 unspecified atom stereocenters. The number of hydrogen-bond acceptors (Lipinski definition) is 7. The van der Waals surface area contributed by atoms with Crippen molar-refractivity contribution in [2.75, 3.05) is 33.4 Å². The Morgan fingerprint density at radius 2 is 1.92 bits per heavy atom. The van der Waals surface area contributed by atoms with Crippen LogP contribution in [0.2, 0.25) is 0 Å². The Kier molecular flexibility index (Phi) is 7.40. The first-order valence-corrected chi connectivity index (χ1v) is 7.86. The van der Waals surface area contributed by atoms with E-state index in [1.165, 1.54) is 7.05 Å². The molecular weight excluding hydrogens is 336 g/mol. The molecule has 8 nitrogen and oxygen atoms in total. The Balaban J connectivity index is 3.29. The predicted octanol–water partition coefficient (Wildman–Crippen LogP) is 0.715. The first-order chi connectivity index (χ1) is 11.3. The van der Waals surface area contributed by atoms with Crippen molar-refractivity contribution < 1.29 is 29.0 Å². The van der Waals surface area contributed by atoms with Crippen LogP contribution in [-0.4, -0.2) is 66.9 Å². The van der Waals surface area contributed by atoms with E-state index in [0.29, 0.717) is 12.3 Å². The van der Waals surface area contributed by atoms with Crippen molar-refractivity contribution in [1.29, 1.82) is 0 Å². The van der Waals surface area contributed by atoms with Crippen LogP contribution >= 0.6 is 11.8 Å². The summed E-state index contributed by atoms with van der Waals surface area (Å²) in [5.74, 6) is -1.69. The average molecular weight is 354 g/mol. The van der Waals surface area contributed by atoms with E-state index in [9.17, 15) is 24.3 Å². The van der Waals surface area contributed by atoms with E-state index >= 15 is 0 Å². The predicted molar refractivity (Wildman–Crippen MR) is 88.8 cm³/mol. The van der Waals surface area contributed by atoms with Crippen molar-refractivity contribution in [1.82, 2.24) is 10.2 Å². The zero-order chi connectivity index (χ0) is 18.3. The van der Waals surface area contributed by atoms with Gasteiger partial charge in [0.1, 0.15) is 5.75 Å². The second-order valence-corrected chi connectivity index (χ2v) is 6.00. The van der Waals surface area contributed by atoms with Gasteiger partial charge < -0.3 is 20.1 Å². The lowest BCUT2D eigenvalue weighted by Gasteiger charge is -2.12. The summed E-state index contributed by atoms with van der Waals surface area (Å²) in [7, 11) is 5.05. The van der Waals surface area contributed by atoms with Gasteiger partial charge in [-0.25, -0.2) is 4.79 Å². The first kappa shape index (κ1) is 19.7. The molecule has 0 aliphatic carbocycles. The fourth-order valence-electron chi connectivity index (χ4n) is 1.79. The maximum Gasteiger partial charge on any atom is 0.336 e. The lowest BCUT2D eigenvalue weighted by Crippen LogP contribution is -2.21. The van der Waals surface area contributed by atoms with Crippen LogP contribution in [0, 0.1) is 0 Å². The van der Waals surface area contributed by atoms with Gasteiger partial charge in [0, 0.05) is 24.9 Å². The van der Waals surface area contributed by atoms with E-state index in [4.69, 9.17) is 4.74 Å². The summed E-state index contributed by atoms with van der Waals surface area (Å²) in [6, 6.07) is 2.13. The quantitative estimate of drug-likeness (QED) is 0.657. The monoisotopic (exact) mass is 354 g/mol. The molecule has 0 heterocycles. The van der Waals surface area contributed by atoms with Crippen LogP contribution in [0.15, 0.2) is 12.1 Å². The Hall–Kier alpha value is -2.39. The third-order valence-electron chi connectivity index (χ3n) is 2.99. The normalized spacial score (nSPS) is 10.3. The van der Waals surface area contributed by atoms with E-state index in [-0.39, 0.29) is 28.9 Å². The number of carbonyl (C=O) groups is 4. The summed E-state index contributed by atoms with van der Waals surface area (Å²) < 4.78 is 4.72. The first-order valence-electron chi connectivity index (χ1n) is 6.87. The number of benzene rings is 1. The molecule has 0 radical (unpaired) electrons. The molecule has 0 saturated heterocycles. The molecule has 1 aromatic carbocycles. The van der Waals surface area contributed by atoms with Gasteiger partial charge in [-0.2, -0.15) is 0 Å². The van der Waals surface area contributed by atoms with Crippen molar-refractivity contribution in [3.63, 3.8) is 0 Å². The lowest BCUT2D eigenvalue weighted by molar-refractivity contribution is -0.120. The van der Waals surface area contributed by atoms with Crippen LogP contribution in [0.5, 0.6) is 5.75 Å². The van der Waals surface area contributed by atoms with Gasteiger partial charge in [0.05, 0.1) is 11.1 Å². The molecule has 24 heavy (non-hydrogen) atoms. The van der Waals surface area contributed by atoms with Crippen LogP contribution in [0.3, 0.4) is 0 Å². The average Bonchev–Trinajstić information content (AvgIpc) is 2.53. The molecule has 0 atom stereocenters. The third kappa shape index (κ3) is 5.07. The van der Waals surface area contributed by atoms with Gasteiger partial charge in [-0.3, -0.25) is 14.4 Å². The van der Waals surface area contributed by atoms with Gasteiger partial charge >= 0.3 is 5.97 Å². The maximum atomic E-state index is 12.3. The smallest absolute Gasteiger partial charge is 0.336 e. The van der Waals surface area contributed by atoms with Crippen LogP contribution < -0.4 is 10.1 Å². The highest BCUT2D eigenvalue weighted by Gasteiger charge is 2.23. The molecule has 0 spiro atoms. The van der Waals surface area contributed by atoms with E-state index in [0.717, 1.165) is 23.9 Å². The van der Waals surface area contributed by atoms with Crippen molar-refractivity contribution in [2.45, 2.75) is 0 Å². The number of rotatable bonds is 8. The van der Waals surface area contributed by atoms with Crippen LogP contribution in [0.1, 0.15) is 31.1 Å². The molecule has 0 aliphatic heterocycles. The molecule has 1 amide bonds. The van der Waals surface area contributed by atoms with E-state index in [1.54, 1.807) is 0 Å². The van der Waals surface area contributed by atoms with Crippen molar-refractivity contribution >= 4 is 35.2 Å². The van der Waals surface area contributed by atoms with Crippen molar-refractivity contribution in [2.24, 2.45) is 0 Å². The van der Waals surface area contributed by atoms with Crippen molar-refractivity contribution in [3.05, 3.63) is 28.8 Å². The summed E-state index contributed by atoms with van der Waals surface area (Å²) in [6.07, 6.45) is 0. The number of aromatic carboxylic acids is 1. The minimum Gasteiger partial charge on any atom is -0.478 e. The topological polar surface area (TPSA) is 113 Å². The Morgan fingerprint density at radius 1 is 1.25 bits per heavy atom. The molecule has 1 rings (SSSR count). The number of hydrogen-bond donors (Lipinski definition) is 2. The molecule has 0 saturated carbocycles. The van der Waals surface area contributed by atoms with Gasteiger partial charge in [-0.05, 0) is 26.2 Å². The highest BCUT2D eigenvalue weighted by atomic mass is 32.2. The van der Waals surface area contributed by atoms with Gasteiger partial charge in [0.2, 0.25) is 5.12 Å². The number of nitrogens with zero attached hydrogens (tertiary/aromatic N) is 1. The van der Waals surface area contributed by atoms with Gasteiger partial charge in [0.15, 0.2) is 0 Å². The van der Waals surface area contributed by atoms with Gasteiger partial charge in [-0.15, -0.1) is 0 Å². The third-order valence-corrected chi connectivity index (χ3v) is 3.86. The summed E-state index contributed by atoms with van der Waals surface area (Å²) in [5.41, 5.74) is -0.596. The number of ether oxygens (including phenoxy) is 1. The molecule has 130 valence electrons. The maximum absolute atomic E-state index is 12.3. The van der Waals surface area contributed by atoms with Gasteiger partial charge in [0.25, 0.3) is 12.4 Å². The zero-order valence-corrected chi connectivity index (χ0v) is 14.3. The highest BCUT2D eigenvalue weighted by molar-refractivity contribution is 8.14. The number of carboxylic acids is 1. The second kappa shape index (κ2) is 9.04. The standard InChI is InChI=1S/C15H18N2O6S/c1-16-13(19)11-6-9(14(20)21)10(7-12(11)23-8-18)15(22)24-5-4-17(2)3/h6-8H,4-5H2,1-3H3,(H,16,19)(H,20,21). The largest absolute Gasteiger partial charge is 0.478 e. The minimum atomic E-state index is -1.35. The SMILES string of the molecule is CNC(=O)c1cc(C(=O)O)c(C(=O)SCCN(C)C)cc1OC=O. The minimum absolute atomic E-state index is 0.107. The Bertz CT molecular complexity index is 660. The number of thioether (sulfide) groups is 1. The Labute approximate surface area is 143 Å². The number of nitrogens with one attached hydrogen (secondary N) is 1. The summed E-state index contributed by atoms with van der Waals surface area (Å²) in [6.45, 7) is 0.739. The zero-order valence-electron chi connectivity index (χ0n) is 13.5. The molecule has 0 bridgehead atoms. The van der Waals surface area contributed by atoms with Crippen molar-refractivity contribution in [3.8, 4) is 5.75 Å².